The molecule has 178 valence electrons. The second-order valence-electron chi connectivity index (χ2n) is 8.51. The molecule has 1 amide bonds. The number of nitrogens with zero attached hydrogens (tertiary/aromatic N) is 1. The fourth-order valence-corrected chi connectivity index (χ4v) is 4.67. The van der Waals surface area contributed by atoms with Crippen molar-refractivity contribution in [3.8, 4) is 0 Å². The highest BCUT2D eigenvalue weighted by Crippen LogP contribution is 2.39. The minimum absolute atomic E-state index is 0.0328. The van der Waals surface area contributed by atoms with Gasteiger partial charge in [0, 0.05) is 19.6 Å². The highest BCUT2D eigenvalue weighted by Gasteiger charge is 2.41. The van der Waals surface area contributed by atoms with Crippen LogP contribution in [-0.4, -0.2) is 43.5 Å². The van der Waals surface area contributed by atoms with Gasteiger partial charge < -0.3 is 19.1 Å². The summed E-state index contributed by atoms with van der Waals surface area (Å²) in [6.45, 7) is 2.18. The Hall–Kier alpha value is -1.70. The van der Waals surface area contributed by atoms with E-state index in [0.29, 0.717) is 49.2 Å². The number of rotatable bonds is 8. The smallest absolute Gasteiger partial charge is 0.223 e. The van der Waals surface area contributed by atoms with Crippen LogP contribution < -0.4 is 0 Å². The molecule has 0 saturated carbocycles. The summed E-state index contributed by atoms with van der Waals surface area (Å²) in [5.41, 5.74) is 0.966. The van der Waals surface area contributed by atoms with Gasteiger partial charge in [0.25, 0.3) is 0 Å². The number of halogens is 3. The van der Waals surface area contributed by atoms with E-state index < -0.39 is 5.60 Å². The van der Waals surface area contributed by atoms with Crippen LogP contribution in [0.5, 0.6) is 0 Å². The quantitative estimate of drug-likeness (QED) is 0.440. The number of likely N-dealkylation sites (tertiary alicyclic amines) is 1. The van der Waals surface area contributed by atoms with Crippen molar-refractivity contribution < 1.29 is 23.4 Å². The SMILES string of the molecule is O=C1CCC(OCCOC2CCCCO2)(c2ccc(Cl)c(Cl)c2)CN1Cc1ccc(F)cc1. The highest BCUT2D eigenvalue weighted by molar-refractivity contribution is 6.42. The molecule has 0 bridgehead atoms. The first-order valence-electron chi connectivity index (χ1n) is 11.3. The van der Waals surface area contributed by atoms with E-state index in [1.165, 1.54) is 12.1 Å². The molecule has 4 rings (SSSR count). The Balaban J connectivity index is 1.50. The van der Waals surface area contributed by atoms with E-state index in [1.54, 1.807) is 29.2 Å². The van der Waals surface area contributed by atoms with Crippen LogP contribution in [-0.2, 0) is 31.2 Å². The van der Waals surface area contributed by atoms with Crippen LogP contribution in [0, 0.1) is 5.82 Å². The molecule has 2 heterocycles. The molecule has 2 saturated heterocycles. The van der Waals surface area contributed by atoms with Gasteiger partial charge in [-0.05, 0) is 61.1 Å². The summed E-state index contributed by atoms with van der Waals surface area (Å²) in [5, 5.41) is 0.898. The molecule has 0 aromatic heterocycles. The van der Waals surface area contributed by atoms with Gasteiger partial charge >= 0.3 is 0 Å². The Morgan fingerprint density at radius 3 is 2.64 bits per heavy atom. The van der Waals surface area contributed by atoms with E-state index in [4.69, 9.17) is 37.4 Å². The maximum atomic E-state index is 13.3. The molecule has 0 aliphatic carbocycles. The highest BCUT2D eigenvalue weighted by atomic mass is 35.5. The van der Waals surface area contributed by atoms with Crippen molar-refractivity contribution in [2.24, 2.45) is 0 Å². The molecule has 8 heteroatoms. The van der Waals surface area contributed by atoms with Gasteiger partial charge in [0.2, 0.25) is 5.91 Å². The number of carbonyl (C=O) groups is 1. The number of amides is 1. The average molecular weight is 496 g/mol. The zero-order valence-corrected chi connectivity index (χ0v) is 19.9. The van der Waals surface area contributed by atoms with Gasteiger partial charge in [-0.25, -0.2) is 4.39 Å². The van der Waals surface area contributed by atoms with Gasteiger partial charge in [-0.15, -0.1) is 0 Å². The number of ether oxygens (including phenoxy) is 3. The van der Waals surface area contributed by atoms with Crippen LogP contribution in [0.1, 0.15) is 43.2 Å². The molecule has 2 unspecified atom stereocenters. The summed E-state index contributed by atoms with van der Waals surface area (Å²) >= 11 is 12.5. The molecule has 0 radical (unpaired) electrons. The van der Waals surface area contributed by atoms with Gasteiger partial charge in [0.15, 0.2) is 6.29 Å². The molecule has 0 spiro atoms. The fraction of sp³-hybridized carbons (Fsp3) is 0.480. The van der Waals surface area contributed by atoms with Crippen molar-refractivity contribution >= 4 is 29.1 Å². The number of hydrogen-bond donors (Lipinski definition) is 0. The average Bonchev–Trinajstić information content (AvgIpc) is 2.83. The number of piperidine rings is 1. The van der Waals surface area contributed by atoms with Crippen LogP contribution in [0.25, 0.3) is 0 Å². The molecule has 33 heavy (non-hydrogen) atoms. The first-order valence-corrected chi connectivity index (χ1v) is 12.1. The maximum absolute atomic E-state index is 13.3. The van der Waals surface area contributed by atoms with Crippen molar-refractivity contribution in [1.82, 2.24) is 4.90 Å². The maximum Gasteiger partial charge on any atom is 0.223 e. The third kappa shape index (κ3) is 6.25. The third-order valence-corrected chi connectivity index (χ3v) is 6.92. The molecule has 0 N–H and O–H groups in total. The normalized spacial score (nSPS) is 23.7. The minimum atomic E-state index is -0.751. The van der Waals surface area contributed by atoms with Crippen LogP contribution >= 0.6 is 23.2 Å². The van der Waals surface area contributed by atoms with Crippen LogP contribution in [0.4, 0.5) is 4.39 Å². The third-order valence-electron chi connectivity index (χ3n) is 6.18. The van der Waals surface area contributed by atoms with E-state index in [0.717, 1.165) is 37.0 Å². The van der Waals surface area contributed by atoms with Crippen LogP contribution in [0.3, 0.4) is 0 Å². The van der Waals surface area contributed by atoms with Crippen LogP contribution in [0.15, 0.2) is 42.5 Å². The molecule has 2 aliphatic rings. The Morgan fingerprint density at radius 2 is 1.91 bits per heavy atom. The second-order valence-corrected chi connectivity index (χ2v) is 9.33. The molecule has 5 nitrogen and oxygen atoms in total. The Kier molecular flexibility index (Phi) is 8.25. The topological polar surface area (TPSA) is 48.0 Å². The second kappa shape index (κ2) is 11.2. The summed E-state index contributed by atoms with van der Waals surface area (Å²) < 4.78 is 31.2. The summed E-state index contributed by atoms with van der Waals surface area (Å²) in [6.07, 6.45) is 3.70. The Bertz CT molecular complexity index is 952. The van der Waals surface area contributed by atoms with Crippen molar-refractivity contribution in [2.75, 3.05) is 26.4 Å². The largest absolute Gasteiger partial charge is 0.366 e. The lowest BCUT2D eigenvalue weighted by molar-refractivity contribution is -0.184. The fourth-order valence-electron chi connectivity index (χ4n) is 4.37. The lowest BCUT2D eigenvalue weighted by Crippen LogP contribution is -2.50. The van der Waals surface area contributed by atoms with Gasteiger partial charge in [-0.2, -0.15) is 0 Å². The zero-order chi connectivity index (χ0) is 23.3. The monoisotopic (exact) mass is 495 g/mol. The molecule has 2 aromatic rings. The van der Waals surface area contributed by atoms with Crippen molar-refractivity contribution in [1.29, 1.82) is 0 Å². The van der Waals surface area contributed by atoms with Gasteiger partial charge in [0.05, 0.1) is 29.8 Å². The lowest BCUT2D eigenvalue weighted by atomic mass is 9.84. The summed E-state index contributed by atoms with van der Waals surface area (Å²) in [4.78, 5) is 14.5. The van der Waals surface area contributed by atoms with Crippen molar-refractivity contribution in [3.63, 3.8) is 0 Å². The molecular formula is C25H28Cl2FNO4. The van der Waals surface area contributed by atoms with E-state index in [2.05, 4.69) is 0 Å². The number of benzene rings is 2. The van der Waals surface area contributed by atoms with Crippen LogP contribution in [0.2, 0.25) is 10.0 Å². The first kappa shape index (κ1) is 24.4. The minimum Gasteiger partial charge on any atom is -0.366 e. The first-order chi connectivity index (χ1) is 15.9. The molecule has 2 aliphatic heterocycles. The van der Waals surface area contributed by atoms with E-state index in [-0.39, 0.29) is 18.0 Å². The summed E-state index contributed by atoms with van der Waals surface area (Å²) in [7, 11) is 0. The van der Waals surface area contributed by atoms with Crippen molar-refractivity contribution in [3.05, 3.63) is 69.5 Å². The summed E-state index contributed by atoms with van der Waals surface area (Å²) in [5.74, 6) is -0.274. The number of carbonyl (C=O) groups excluding carboxylic acids is 1. The van der Waals surface area contributed by atoms with Crippen molar-refractivity contribution in [2.45, 2.75) is 50.5 Å². The lowest BCUT2D eigenvalue weighted by Gasteiger charge is -2.43. The van der Waals surface area contributed by atoms with Gasteiger partial charge in [-0.3, -0.25) is 4.79 Å². The predicted octanol–water partition coefficient (Wildman–Crippen LogP) is 5.71. The van der Waals surface area contributed by atoms with E-state index in [1.807, 2.05) is 6.07 Å². The Labute approximate surface area is 203 Å². The molecule has 2 atom stereocenters. The predicted molar refractivity (Wildman–Crippen MR) is 125 cm³/mol. The Morgan fingerprint density at radius 1 is 1.09 bits per heavy atom. The zero-order valence-electron chi connectivity index (χ0n) is 18.4. The standard InChI is InChI=1S/C25H28Cl2FNO4/c26-21-9-6-19(15-22(21)27)25(33-14-13-32-24-3-1-2-12-31-24)11-10-23(30)29(17-25)16-18-4-7-20(28)8-5-18/h4-9,15,24H,1-3,10-14,16-17H2. The summed E-state index contributed by atoms with van der Waals surface area (Å²) in [6, 6.07) is 11.6. The van der Waals surface area contributed by atoms with E-state index in [9.17, 15) is 9.18 Å². The molecule has 2 aromatic carbocycles. The van der Waals surface area contributed by atoms with Gasteiger partial charge in [0.1, 0.15) is 11.4 Å². The molecule has 2 fully saturated rings. The molecular weight excluding hydrogens is 468 g/mol. The number of hydrogen-bond acceptors (Lipinski definition) is 4. The van der Waals surface area contributed by atoms with E-state index >= 15 is 0 Å². The van der Waals surface area contributed by atoms with Gasteiger partial charge in [-0.1, -0.05) is 41.4 Å².